The van der Waals surface area contributed by atoms with Crippen molar-refractivity contribution in [3.63, 3.8) is 0 Å². The summed E-state index contributed by atoms with van der Waals surface area (Å²) in [6.07, 6.45) is 0.879. The third-order valence-corrected chi connectivity index (χ3v) is 4.53. The number of hydrogen-bond donors (Lipinski definition) is 0. The molecule has 1 fully saturated rings. The van der Waals surface area contributed by atoms with Crippen LogP contribution in [0, 0.1) is 17.3 Å². The fourth-order valence-electron chi connectivity index (χ4n) is 3.42. The van der Waals surface area contributed by atoms with Gasteiger partial charge < -0.3 is 14.4 Å². The van der Waals surface area contributed by atoms with E-state index in [9.17, 15) is 4.79 Å². The number of allylic oxidation sites excluding steroid dienone is 1. The molecule has 0 aromatic carbocycles. The highest BCUT2D eigenvalue weighted by atomic mass is 16.7. The SMILES string of the molecule is C=C(C)[C@@H]1[C@H](CCOCOC)[C@]1(C)C(=O)N(CC)CC. The second-order valence-corrected chi connectivity index (χ2v) is 5.79. The molecule has 1 rings (SSSR count). The molecule has 0 heterocycles. The van der Waals surface area contributed by atoms with E-state index in [4.69, 9.17) is 9.47 Å². The Bertz CT molecular complexity index is 352. The molecule has 0 unspecified atom stereocenters. The first-order valence-corrected chi connectivity index (χ1v) is 7.46. The Hall–Kier alpha value is -0.870. The van der Waals surface area contributed by atoms with Crippen LogP contribution in [0.5, 0.6) is 0 Å². The molecule has 0 aromatic rings. The Morgan fingerprint density at radius 3 is 2.40 bits per heavy atom. The molecule has 3 atom stereocenters. The van der Waals surface area contributed by atoms with Crippen LogP contribution in [0.25, 0.3) is 0 Å². The Labute approximate surface area is 123 Å². The Kier molecular flexibility index (Phi) is 6.21. The normalized spacial score (nSPS) is 28.2. The lowest BCUT2D eigenvalue weighted by molar-refractivity contribution is -0.137. The fraction of sp³-hybridized carbons (Fsp3) is 0.812. The van der Waals surface area contributed by atoms with Gasteiger partial charge in [-0.2, -0.15) is 0 Å². The second-order valence-electron chi connectivity index (χ2n) is 5.79. The van der Waals surface area contributed by atoms with E-state index in [-0.39, 0.29) is 17.2 Å². The van der Waals surface area contributed by atoms with Gasteiger partial charge in [0, 0.05) is 26.8 Å². The average Bonchev–Trinajstić information content (AvgIpc) is 3.03. The topological polar surface area (TPSA) is 38.8 Å². The number of carbonyl (C=O) groups excluding carboxylic acids is 1. The molecule has 1 aliphatic rings. The van der Waals surface area contributed by atoms with Gasteiger partial charge in [-0.25, -0.2) is 0 Å². The maximum Gasteiger partial charge on any atom is 0.229 e. The van der Waals surface area contributed by atoms with Crippen LogP contribution in [0.4, 0.5) is 0 Å². The minimum Gasteiger partial charge on any atom is -0.359 e. The van der Waals surface area contributed by atoms with Gasteiger partial charge >= 0.3 is 0 Å². The molecule has 4 heteroatoms. The van der Waals surface area contributed by atoms with Gasteiger partial charge in [0.2, 0.25) is 5.91 Å². The summed E-state index contributed by atoms with van der Waals surface area (Å²) in [6, 6.07) is 0. The van der Waals surface area contributed by atoms with Crippen molar-refractivity contribution in [1.29, 1.82) is 0 Å². The van der Waals surface area contributed by atoms with E-state index in [1.54, 1.807) is 7.11 Å². The molecule has 1 saturated carbocycles. The summed E-state index contributed by atoms with van der Waals surface area (Å²) in [6.45, 7) is 14.7. The first kappa shape index (κ1) is 17.2. The zero-order valence-electron chi connectivity index (χ0n) is 13.6. The van der Waals surface area contributed by atoms with Crippen molar-refractivity contribution >= 4 is 5.91 Å². The summed E-state index contributed by atoms with van der Waals surface area (Å²) in [4.78, 5) is 14.6. The summed E-state index contributed by atoms with van der Waals surface area (Å²) >= 11 is 0. The fourth-order valence-corrected chi connectivity index (χ4v) is 3.42. The number of nitrogens with zero attached hydrogens (tertiary/aromatic N) is 1. The monoisotopic (exact) mass is 283 g/mol. The molecule has 0 spiro atoms. The molecule has 1 aliphatic carbocycles. The van der Waals surface area contributed by atoms with E-state index in [1.807, 2.05) is 25.7 Å². The van der Waals surface area contributed by atoms with Gasteiger partial charge in [-0.05, 0) is 46.0 Å². The number of hydrogen-bond acceptors (Lipinski definition) is 3. The van der Waals surface area contributed by atoms with Gasteiger partial charge in [0.1, 0.15) is 6.79 Å². The molecule has 0 saturated heterocycles. The van der Waals surface area contributed by atoms with Gasteiger partial charge in [-0.15, -0.1) is 0 Å². The number of amides is 1. The first-order chi connectivity index (χ1) is 9.44. The van der Waals surface area contributed by atoms with Gasteiger partial charge in [-0.3, -0.25) is 4.79 Å². The zero-order chi connectivity index (χ0) is 15.3. The Morgan fingerprint density at radius 1 is 1.35 bits per heavy atom. The van der Waals surface area contributed by atoms with E-state index in [0.29, 0.717) is 19.3 Å². The number of rotatable bonds is 9. The Morgan fingerprint density at radius 2 is 1.95 bits per heavy atom. The van der Waals surface area contributed by atoms with Crippen LogP contribution >= 0.6 is 0 Å². The molecule has 20 heavy (non-hydrogen) atoms. The third kappa shape index (κ3) is 3.23. The molecule has 0 aliphatic heterocycles. The van der Waals surface area contributed by atoms with Crippen LogP contribution in [0.1, 0.15) is 34.1 Å². The number of methoxy groups -OCH3 is 1. The van der Waals surface area contributed by atoms with Crippen molar-refractivity contribution in [2.24, 2.45) is 17.3 Å². The summed E-state index contributed by atoms with van der Waals surface area (Å²) in [5.74, 6) is 0.874. The predicted octanol–water partition coefficient (Wildman–Crippen LogP) is 2.69. The van der Waals surface area contributed by atoms with Crippen molar-refractivity contribution in [2.75, 3.05) is 33.6 Å². The highest BCUT2D eigenvalue weighted by Crippen LogP contribution is 2.64. The lowest BCUT2D eigenvalue weighted by Gasteiger charge is -2.24. The molecule has 116 valence electrons. The predicted molar refractivity (Wildman–Crippen MR) is 80.3 cm³/mol. The van der Waals surface area contributed by atoms with Gasteiger partial charge in [0.25, 0.3) is 0 Å². The molecule has 0 bridgehead atoms. The largest absolute Gasteiger partial charge is 0.359 e. The lowest BCUT2D eigenvalue weighted by atomic mass is 10.00. The van der Waals surface area contributed by atoms with E-state index in [0.717, 1.165) is 25.1 Å². The van der Waals surface area contributed by atoms with Gasteiger partial charge in [-0.1, -0.05) is 12.2 Å². The van der Waals surface area contributed by atoms with Crippen molar-refractivity contribution < 1.29 is 14.3 Å². The second kappa shape index (κ2) is 7.23. The van der Waals surface area contributed by atoms with Crippen molar-refractivity contribution in [3.05, 3.63) is 12.2 Å². The first-order valence-electron chi connectivity index (χ1n) is 7.46. The minimum absolute atomic E-state index is 0.257. The molecule has 0 aromatic heterocycles. The van der Waals surface area contributed by atoms with Crippen molar-refractivity contribution in [3.8, 4) is 0 Å². The number of ether oxygens (including phenoxy) is 2. The maximum atomic E-state index is 12.7. The summed E-state index contributed by atoms with van der Waals surface area (Å²) in [5, 5.41) is 0. The van der Waals surface area contributed by atoms with Crippen LogP contribution in [0.2, 0.25) is 0 Å². The van der Waals surface area contributed by atoms with Crippen LogP contribution in [-0.4, -0.2) is 44.4 Å². The van der Waals surface area contributed by atoms with E-state index in [2.05, 4.69) is 13.5 Å². The van der Waals surface area contributed by atoms with E-state index < -0.39 is 0 Å². The van der Waals surface area contributed by atoms with Crippen molar-refractivity contribution in [1.82, 2.24) is 4.90 Å². The standard InChI is InChI=1S/C16H29NO3/c1-7-17(8-2)15(18)16(5)13(14(16)12(3)4)9-10-20-11-19-6/h13-14H,3,7-11H2,1-2,4-6H3/t13-,14+,16-/m0/s1. The van der Waals surface area contributed by atoms with Crippen LogP contribution < -0.4 is 0 Å². The van der Waals surface area contributed by atoms with E-state index >= 15 is 0 Å². The number of carbonyl (C=O) groups is 1. The summed E-state index contributed by atoms with van der Waals surface area (Å²) in [7, 11) is 1.61. The van der Waals surface area contributed by atoms with Crippen LogP contribution in [-0.2, 0) is 14.3 Å². The molecule has 0 radical (unpaired) electrons. The van der Waals surface area contributed by atoms with Crippen molar-refractivity contribution in [2.45, 2.75) is 34.1 Å². The summed E-state index contributed by atoms with van der Waals surface area (Å²) < 4.78 is 10.2. The summed E-state index contributed by atoms with van der Waals surface area (Å²) in [5.41, 5.74) is 0.804. The quantitative estimate of drug-likeness (QED) is 0.371. The molecule has 1 amide bonds. The molecule has 0 N–H and O–H groups in total. The zero-order valence-corrected chi connectivity index (χ0v) is 13.6. The maximum absolute atomic E-state index is 12.7. The average molecular weight is 283 g/mol. The minimum atomic E-state index is -0.297. The highest BCUT2D eigenvalue weighted by molar-refractivity contribution is 5.87. The molecular formula is C16H29NO3. The molecule has 4 nitrogen and oxygen atoms in total. The van der Waals surface area contributed by atoms with Crippen LogP contribution in [0.3, 0.4) is 0 Å². The smallest absolute Gasteiger partial charge is 0.229 e. The molecular weight excluding hydrogens is 254 g/mol. The van der Waals surface area contributed by atoms with Crippen LogP contribution in [0.15, 0.2) is 12.2 Å². The highest BCUT2D eigenvalue weighted by Gasteiger charge is 2.66. The lowest BCUT2D eigenvalue weighted by Crippen LogP contribution is -2.37. The van der Waals surface area contributed by atoms with E-state index in [1.165, 1.54) is 0 Å². The Balaban J connectivity index is 2.69. The third-order valence-electron chi connectivity index (χ3n) is 4.53. The van der Waals surface area contributed by atoms with Gasteiger partial charge in [0.05, 0.1) is 5.41 Å². The van der Waals surface area contributed by atoms with Gasteiger partial charge in [0.15, 0.2) is 0 Å².